The van der Waals surface area contributed by atoms with E-state index in [2.05, 4.69) is 15.2 Å². The molecule has 0 radical (unpaired) electrons. The van der Waals surface area contributed by atoms with Crippen molar-refractivity contribution in [1.29, 1.82) is 0 Å². The number of rotatable bonds is 1. The van der Waals surface area contributed by atoms with Crippen molar-refractivity contribution >= 4 is 5.91 Å². The van der Waals surface area contributed by atoms with Crippen LogP contribution in [0.5, 0.6) is 0 Å². The quantitative estimate of drug-likeness (QED) is 0.720. The number of aromatic nitrogens is 3. The van der Waals surface area contributed by atoms with Gasteiger partial charge >= 0.3 is 0 Å². The molecule has 0 unspecified atom stereocenters. The summed E-state index contributed by atoms with van der Waals surface area (Å²) in [7, 11) is 0. The highest BCUT2D eigenvalue weighted by Crippen LogP contribution is 2.11. The van der Waals surface area contributed by atoms with Crippen LogP contribution >= 0.6 is 0 Å². The minimum Gasteiger partial charge on any atom is -0.336 e. The Hall–Kier alpha value is -1.39. The lowest BCUT2D eigenvalue weighted by Crippen LogP contribution is -2.32. The van der Waals surface area contributed by atoms with Gasteiger partial charge < -0.3 is 4.90 Å². The Labute approximate surface area is 82.5 Å². The molecule has 5 heteroatoms. The molecule has 2 rings (SSSR count). The van der Waals surface area contributed by atoms with E-state index in [0.29, 0.717) is 5.82 Å². The summed E-state index contributed by atoms with van der Waals surface area (Å²) >= 11 is 0. The Balaban J connectivity index is 2.03. The van der Waals surface area contributed by atoms with E-state index in [9.17, 15) is 4.79 Å². The predicted molar refractivity (Wildman–Crippen MR) is 50.8 cm³/mol. The molecule has 1 amide bonds. The Morgan fingerprint density at radius 3 is 2.57 bits per heavy atom. The average Bonchev–Trinajstić information content (AvgIpc) is 2.59. The molecule has 0 bridgehead atoms. The number of nitrogens with zero attached hydrogens (tertiary/aromatic N) is 3. The van der Waals surface area contributed by atoms with E-state index in [1.54, 1.807) is 0 Å². The molecule has 1 aliphatic rings. The van der Waals surface area contributed by atoms with Crippen molar-refractivity contribution < 1.29 is 4.79 Å². The highest BCUT2D eigenvalue weighted by Gasteiger charge is 2.18. The smallest absolute Gasteiger partial charge is 0.291 e. The van der Waals surface area contributed by atoms with E-state index in [1.807, 2.05) is 4.90 Å². The maximum absolute atomic E-state index is 11.8. The minimum absolute atomic E-state index is 0.0237. The van der Waals surface area contributed by atoms with Crippen LogP contribution in [0.2, 0.25) is 0 Å². The number of hydrogen-bond acceptors (Lipinski definition) is 3. The van der Waals surface area contributed by atoms with Crippen molar-refractivity contribution in [1.82, 2.24) is 20.1 Å². The molecule has 1 fully saturated rings. The third kappa shape index (κ3) is 1.92. The highest BCUT2D eigenvalue weighted by atomic mass is 16.2. The van der Waals surface area contributed by atoms with E-state index >= 15 is 0 Å². The van der Waals surface area contributed by atoms with Crippen molar-refractivity contribution in [2.75, 3.05) is 13.1 Å². The monoisotopic (exact) mass is 194 g/mol. The lowest BCUT2D eigenvalue weighted by Gasteiger charge is -2.18. The summed E-state index contributed by atoms with van der Waals surface area (Å²) in [6.45, 7) is 1.69. The molecule has 14 heavy (non-hydrogen) atoms. The van der Waals surface area contributed by atoms with Gasteiger partial charge in [-0.1, -0.05) is 12.8 Å². The second-order valence-electron chi connectivity index (χ2n) is 3.54. The number of nitrogens with one attached hydrogen (secondary N) is 1. The summed E-state index contributed by atoms with van der Waals surface area (Å²) in [5, 5.41) is 6.28. The zero-order chi connectivity index (χ0) is 9.80. The van der Waals surface area contributed by atoms with E-state index in [4.69, 9.17) is 0 Å². The Bertz CT molecular complexity index is 288. The van der Waals surface area contributed by atoms with Gasteiger partial charge in [-0.3, -0.25) is 9.89 Å². The minimum atomic E-state index is -0.0237. The van der Waals surface area contributed by atoms with Gasteiger partial charge in [0.2, 0.25) is 5.82 Å². The second-order valence-corrected chi connectivity index (χ2v) is 3.54. The first-order chi connectivity index (χ1) is 6.88. The Kier molecular flexibility index (Phi) is 2.76. The number of amides is 1. The number of likely N-dealkylation sites (tertiary alicyclic amines) is 1. The van der Waals surface area contributed by atoms with Crippen LogP contribution in [0.1, 0.15) is 36.3 Å². The Morgan fingerprint density at radius 1 is 1.29 bits per heavy atom. The van der Waals surface area contributed by atoms with Crippen LogP contribution in [0.25, 0.3) is 0 Å². The van der Waals surface area contributed by atoms with Crippen LogP contribution in [0.4, 0.5) is 0 Å². The fraction of sp³-hybridized carbons (Fsp3) is 0.667. The molecule has 1 aliphatic heterocycles. The Morgan fingerprint density at radius 2 is 2.00 bits per heavy atom. The van der Waals surface area contributed by atoms with Crippen molar-refractivity contribution in [3.05, 3.63) is 12.2 Å². The SMILES string of the molecule is O=C(c1ncn[nH]1)N1CCCCCC1. The van der Waals surface area contributed by atoms with E-state index in [1.165, 1.54) is 19.2 Å². The fourth-order valence-corrected chi connectivity index (χ4v) is 1.73. The summed E-state index contributed by atoms with van der Waals surface area (Å²) in [5.74, 6) is 0.330. The normalized spacial score (nSPS) is 17.9. The molecule has 2 heterocycles. The van der Waals surface area contributed by atoms with Gasteiger partial charge in [0.15, 0.2) is 0 Å². The van der Waals surface area contributed by atoms with Crippen molar-refractivity contribution in [3.8, 4) is 0 Å². The highest BCUT2D eigenvalue weighted by molar-refractivity contribution is 5.90. The van der Waals surface area contributed by atoms with Crippen LogP contribution in [0, 0.1) is 0 Å². The van der Waals surface area contributed by atoms with Gasteiger partial charge in [-0.2, -0.15) is 5.10 Å². The van der Waals surface area contributed by atoms with E-state index in [0.717, 1.165) is 25.9 Å². The van der Waals surface area contributed by atoms with Gasteiger partial charge in [0.25, 0.3) is 5.91 Å². The van der Waals surface area contributed by atoms with Crippen LogP contribution in [0.3, 0.4) is 0 Å². The summed E-state index contributed by atoms with van der Waals surface area (Å²) < 4.78 is 0. The lowest BCUT2D eigenvalue weighted by atomic mass is 10.2. The topological polar surface area (TPSA) is 61.9 Å². The molecule has 76 valence electrons. The van der Waals surface area contributed by atoms with Gasteiger partial charge in [0, 0.05) is 13.1 Å². The van der Waals surface area contributed by atoms with Gasteiger partial charge in [0.05, 0.1) is 0 Å². The van der Waals surface area contributed by atoms with Gasteiger partial charge in [-0.05, 0) is 12.8 Å². The third-order valence-electron chi connectivity index (χ3n) is 2.51. The molecular formula is C9H14N4O. The third-order valence-corrected chi connectivity index (χ3v) is 2.51. The maximum atomic E-state index is 11.8. The number of carbonyl (C=O) groups is 1. The number of H-pyrrole nitrogens is 1. The molecule has 1 N–H and O–H groups in total. The first kappa shape index (κ1) is 9.18. The van der Waals surface area contributed by atoms with Crippen molar-refractivity contribution in [3.63, 3.8) is 0 Å². The molecular weight excluding hydrogens is 180 g/mol. The molecule has 0 aliphatic carbocycles. The lowest BCUT2D eigenvalue weighted by molar-refractivity contribution is 0.0750. The number of aromatic amines is 1. The van der Waals surface area contributed by atoms with Crippen LogP contribution in [-0.4, -0.2) is 39.1 Å². The second kappa shape index (κ2) is 4.21. The zero-order valence-electron chi connectivity index (χ0n) is 8.07. The van der Waals surface area contributed by atoms with Gasteiger partial charge in [0.1, 0.15) is 6.33 Å². The summed E-state index contributed by atoms with van der Waals surface area (Å²) in [4.78, 5) is 17.5. The summed E-state index contributed by atoms with van der Waals surface area (Å²) in [5.41, 5.74) is 0. The molecule has 1 saturated heterocycles. The predicted octanol–water partition coefficient (Wildman–Crippen LogP) is 0.821. The van der Waals surface area contributed by atoms with Gasteiger partial charge in [-0.25, -0.2) is 4.98 Å². The maximum Gasteiger partial charge on any atom is 0.291 e. The standard InChI is InChI=1S/C9H14N4O/c14-9(8-10-7-11-12-8)13-5-3-1-2-4-6-13/h7H,1-6H2,(H,10,11,12). The number of hydrogen-bond donors (Lipinski definition) is 1. The summed E-state index contributed by atoms with van der Waals surface area (Å²) in [6, 6.07) is 0. The molecule has 0 aromatic carbocycles. The molecule has 1 aromatic rings. The van der Waals surface area contributed by atoms with Crippen LogP contribution in [-0.2, 0) is 0 Å². The molecule has 5 nitrogen and oxygen atoms in total. The number of carbonyl (C=O) groups excluding carboxylic acids is 1. The average molecular weight is 194 g/mol. The van der Waals surface area contributed by atoms with Crippen LogP contribution in [0.15, 0.2) is 6.33 Å². The molecule has 0 spiro atoms. The zero-order valence-corrected chi connectivity index (χ0v) is 8.07. The fourth-order valence-electron chi connectivity index (χ4n) is 1.73. The van der Waals surface area contributed by atoms with Gasteiger partial charge in [-0.15, -0.1) is 0 Å². The first-order valence-corrected chi connectivity index (χ1v) is 5.02. The first-order valence-electron chi connectivity index (χ1n) is 5.02. The molecule has 1 aromatic heterocycles. The largest absolute Gasteiger partial charge is 0.336 e. The molecule has 0 atom stereocenters. The van der Waals surface area contributed by atoms with E-state index in [-0.39, 0.29) is 5.91 Å². The molecule has 0 saturated carbocycles. The van der Waals surface area contributed by atoms with E-state index < -0.39 is 0 Å². The van der Waals surface area contributed by atoms with Crippen molar-refractivity contribution in [2.24, 2.45) is 0 Å². The van der Waals surface area contributed by atoms with Crippen LogP contribution < -0.4 is 0 Å². The summed E-state index contributed by atoms with van der Waals surface area (Å²) in [6.07, 6.45) is 6.01. The van der Waals surface area contributed by atoms with Crippen molar-refractivity contribution in [2.45, 2.75) is 25.7 Å².